The van der Waals surface area contributed by atoms with E-state index in [0.29, 0.717) is 12.1 Å². The van der Waals surface area contributed by atoms with Gasteiger partial charge in [-0.25, -0.2) is 0 Å². The Morgan fingerprint density at radius 3 is 2.74 bits per heavy atom. The van der Waals surface area contributed by atoms with Gasteiger partial charge in [0.05, 0.1) is 11.8 Å². The van der Waals surface area contributed by atoms with Gasteiger partial charge in [-0.3, -0.25) is 9.48 Å². The molecule has 0 aliphatic carbocycles. The highest BCUT2D eigenvalue weighted by Crippen LogP contribution is 2.04. The molecule has 0 spiro atoms. The molecule has 0 aliphatic rings. The Bertz CT molecular complexity index is 535. The molecule has 5 heteroatoms. The minimum atomic E-state index is -0.139. The number of nitrogens with one attached hydrogen (secondary N) is 1. The monoisotopic (exact) mass is 258 g/mol. The van der Waals surface area contributed by atoms with Crippen LogP contribution in [0.3, 0.4) is 0 Å². The summed E-state index contributed by atoms with van der Waals surface area (Å²) in [5, 5.41) is 6.91. The number of rotatable bonds is 5. The van der Waals surface area contributed by atoms with E-state index >= 15 is 0 Å². The standard InChI is InChI=1S/C14H18N4O/c1-18-10-12(9-16-18)14(19)17-13(8-15)7-11-5-3-2-4-6-11/h2-6,9-10,13H,7-8,15H2,1H3,(H,17,19). The molecule has 0 saturated carbocycles. The first-order chi connectivity index (χ1) is 9.19. The molecule has 1 amide bonds. The lowest BCUT2D eigenvalue weighted by molar-refractivity contribution is 0.0938. The third-order valence-electron chi connectivity index (χ3n) is 2.91. The second kappa shape index (κ2) is 6.15. The van der Waals surface area contributed by atoms with Crippen molar-refractivity contribution in [1.29, 1.82) is 0 Å². The van der Waals surface area contributed by atoms with Gasteiger partial charge in [0.2, 0.25) is 0 Å². The van der Waals surface area contributed by atoms with Crippen LogP contribution in [0.2, 0.25) is 0 Å². The van der Waals surface area contributed by atoms with Crippen LogP contribution in [-0.4, -0.2) is 28.3 Å². The topological polar surface area (TPSA) is 72.9 Å². The summed E-state index contributed by atoms with van der Waals surface area (Å²) in [4.78, 5) is 12.0. The molecule has 2 rings (SSSR count). The van der Waals surface area contributed by atoms with E-state index < -0.39 is 0 Å². The molecule has 19 heavy (non-hydrogen) atoms. The van der Waals surface area contributed by atoms with E-state index in [4.69, 9.17) is 5.73 Å². The summed E-state index contributed by atoms with van der Waals surface area (Å²) < 4.78 is 1.60. The van der Waals surface area contributed by atoms with E-state index in [1.807, 2.05) is 30.3 Å². The number of nitrogens with two attached hydrogens (primary N) is 1. The van der Waals surface area contributed by atoms with Gasteiger partial charge in [0, 0.05) is 25.8 Å². The normalized spacial score (nSPS) is 12.1. The zero-order valence-corrected chi connectivity index (χ0v) is 10.9. The lowest BCUT2D eigenvalue weighted by atomic mass is 10.1. The Balaban J connectivity index is 1.97. The lowest BCUT2D eigenvalue weighted by Crippen LogP contribution is -2.41. The van der Waals surface area contributed by atoms with Crippen LogP contribution in [-0.2, 0) is 13.5 Å². The van der Waals surface area contributed by atoms with Crippen LogP contribution in [0.25, 0.3) is 0 Å². The molecule has 3 N–H and O–H groups in total. The van der Waals surface area contributed by atoms with Crippen molar-refractivity contribution >= 4 is 5.91 Å². The average molecular weight is 258 g/mol. The predicted octanol–water partition coefficient (Wildman–Crippen LogP) is 0.720. The van der Waals surface area contributed by atoms with Gasteiger partial charge in [0.1, 0.15) is 0 Å². The molecular weight excluding hydrogens is 240 g/mol. The summed E-state index contributed by atoms with van der Waals surface area (Å²) in [5.74, 6) is -0.139. The second-order valence-electron chi connectivity index (χ2n) is 4.50. The van der Waals surface area contributed by atoms with Gasteiger partial charge in [-0.1, -0.05) is 30.3 Å². The number of carbonyl (C=O) groups excluding carboxylic acids is 1. The van der Waals surface area contributed by atoms with E-state index in [9.17, 15) is 4.79 Å². The maximum atomic E-state index is 12.0. The van der Waals surface area contributed by atoms with Gasteiger partial charge in [0.15, 0.2) is 0 Å². The van der Waals surface area contributed by atoms with Crippen molar-refractivity contribution in [2.75, 3.05) is 6.54 Å². The number of nitrogens with zero attached hydrogens (tertiary/aromatic N) is 2. The number of aromatic nitrogens is 2. The molecule has 1 aromatic heterocycles. The first-order valence-corrected chi connectivity index (χ1v) is 6.22. The Hall–Kier alpha value is -2.14. The molecule has 0 saturated heterocycles. The molecule has 100 valence electrons. The largest absolute Gasteiger partial charge is 0.348 e. The first kappa shape index (κ1) is 13.3. The molecular formula is C14H18N4O. The summed E-state index contributed by atoms with van der Waals surface area (Å²) in [6.45, 7) is 0.404. The molecule has 5 nitrogen and oxygen atoms in total. The summed E-state index contributed by atoms with van der Waals surface area (Å²) in [6, 6.07) is 9.90. The quantitative estimate of drug-likeness (QED) is 0.830. The van der Waals surface area contributed by atoms with Gasteiger partial charge in [-0.15, -0.1) is 0 Å². The summed E-state index contributed by atoms with van der Waals surface area (Å²) in [7, 11) is 1.78. The number of carbonyl (C=O) groups is 1. The van der Waals surface area contributed by atoms with Crippen LogP contribution in [0.1, 0.15) is 15.9 Å². The van der Waals surface area contributed by atoms with Crippen LogP contribution < -0.4 is 11.1 Å². The van der Waals surface area contributed by atoms with E-state index in [2.05, 4.69) is 10.4 Å². The third kappa shape index (κ3) is 3.66. The smallest absolute Gasteiger partial charge is 0.254 e. The van der Waals surface area contributed by atoms with E-state index in [-0.39, 0.29) is 11.9 Å². The molecule has 1 heterocycles. The van der Waals surface area contributed by atoms with Crippen molar-refractivity contribution < 1.29 is 4.79 Å². The third-order valence-corrected chi connectivity index (χ3v) is 2.91. The molecule has 1 aromatic carbocycles. The maximum Gasteiger partial charge on any atom is 0.254 e. The highest BCUT2D eigenvalue weighted by molar-refractivity contribution is 5.93. The highest BCUT2D eigenvalue weighted by Gasteiger charge is 2.14. The van der Waals surface area contributed by atoms with Gasteiger partial charge in [0.25, 0.3) is 5.91 Å². The number of hydrogen-bond acceptors (Lipinski definition) is 3. The summed E-state index contributed by atoms with van der Waals surface area (Å²) >= 11 is 0. The van der Waals surface area contributed by atoms with Crippen LogP contribution in [0.5, 0.6) is 0 Å². The van der Waals surface area contributed by atoms with E-state index in [1.165, 1.54) is 0 Å². The Morgan fingerprint density at radius 1 is 1.42 bits per heavy atom. The van der Waals surface area contributed by atoms with Crippen molar-refractivity contribution in [2.45, 2.75) is 12.5 Å². The average Bonchev–Trinajstić information content (AvgIpc) is 2.86. The van der Waals surface area contributed by atoms with Crippen LogP contribution >= 0.6 is 0 Å². The number of benzene rings is 1. The number of amides is 1. The predicted molar refractivity (Wildman–Crippen MR) is 73.7 cm³/mol. The maximum absolute atomic E-state index is 12.0. The van der Waals surface area contributed by atoms with Crippen LogP contribution in [0.4, 0.5) is 0 Å². The van der Waals surface area contributed by atoms with Crippen molar-refractivity contribution in [1.82, 2.24) is 15.1 Å². The van der Waals surface area contributed by atoms with E-state index in [0.717, 1.165) is 12.0 Å². The fourth-order valence-electron chi connectivity index (χ4n) is 1.90. The van der Waals surface area contributed by atoms with Crippen LogP contribution in [0.15, 0.2) is 42.7 Å². The molecule has 0 fully saturated rings. The Labute approximate surface area is 112 Å². The number of aryl methyl sites for hydroxylation is 1. The van der Waals surface area contributed by atoms with Gasteiger partial charge < -0.3 is 11.1 Å². The van der Waals surface area contributed by atoms with Crippen LogP contribution in [0, 0.1) is 0 Å². The summed E-state index contributed by atoms with van der Waals surface area (Å²) in [6.07, 6.45) is 3.96. The molecule has 1 unspecified atom stereocenters. The second-order valence-corrected chi connectivity index (χ2v) is 4.50. The Morgan fingerprint density at radius 2 is 2.16 bits per heavy atom. The summed E-state index contributed by atoms with van der Waals surface area (Å²) in [5.41, 5.74) is 7.42. The van der Waals surface area contributed by atoms with Crippen molar-refractivity contribution in [3.05, 3.63) is 53.9 Å². The highest BCUT2D eigenvalue weighted by atomic mass is 16.1. The minimum absolute atomic E-state index is 0.0740. The lowest BCUT2D eigenvalue weighted by Gasteiger charge is -2.16. The molecule has 2 aromatic rings. The molecule has 0 aliphatic heterocycles. The molecule has 0 bridgehead atoms. The SMILES string of the molecule is Cn1cc(C(=O)NC(CN)Cc2ccccc2)cn1. The van der Waals surface area contributed by atoms with Crippen molar-refractivity contribution in [3.63, 3.8) is 0 Å². The number of hydrogen-bond donors (Lipinski definition) is 2. The zero-order valence-electron chi connectivity index (χ0n) is 10.9. The first-order valence-electron chi connectivity index (χ1n) is 6.22. The van der Waals surface area contributed by atoms with Gasteiger partial charge >= 0.3 is 0 Å². The van der Waals surface area contributed by atoms with Gasteiger partial charge in [-0.2, -0.15) is 5.10 Å². The fourth-order valence-corrected chi connectivity index (χ4v) is 1.90. The molecule has 0 radical (unpaired) electrons. The van der Waals surface area contributed by atoms with Crippen molar-refractivity contribution in [2.24, 2.45) is 12.8 Å². The Kier molecular flexibility index (Phi) is 4.30. The van der Waals surface area contributed by atoms with Gasteiger partial charge in [-0.05, 0) is 12.0 Å². The van der Waals surface area contributed by atoms with E-state index in [1.54, 1.807) is 24.1 Å². The molecule has 1 atom stereocenters. The fraction of sp³-hybridized carbons (Fsp3) is 0.286. The zero-order chi connectivity index (χ0) is 13.7. The minimum Gasteiger partial charge on any atom is -0.348 e. The van der Waals surface area contributed by atoms with Crippen molar-refractivity contribution in [3.8, 4) is 0 Å².